The Morgan fingerprint density at radius 2 is 1.83 bits per heavy atom. The van der Waals surface area contributed by atoms with Crippen LogP contribution in [-0.4, -0.2) is 35.9 Å². The summed E-state index contributed by atoms with van der Waals surface area (Å²) in [5.41, 5.74) is 4.23. The Morgan fingerprint density at radius 3 is 2.53 bits per heavy atom. The van der Waals surface area contributed by atoms with Gasteiger partial charge in [0.25, 0.3) is 5.91 Å². The van der Waals surface area contributed by atoms with E-state index in [2.05, 4.69) is 12.2 Å². The van der Waals surface area contributed by atoms with Gasteiger partial charge in [-0.1, -0.05) is 55.3 Å². The lowest BCUT2D eigenvalue weighted by Crippen LogP contribution is -2.49. The van der Waals surface area contributed by atoms with Crippen molar-refractivity contribution in [2.45, 2.75) is 60.0 Å². The van der Waals surface area contributed by atoms with Gasteiger partial charge in [0.2, 0.25) is 5.91 Å². The van der Waals surface area contributed by atoms with Crippen molar-refractivity contribution in [2.75, 3.05) is 13.2 Å². The van der Waals surface area contributed by atoms with Crippen molar-refractivity contribution in [3.63, 3.8) is 0 Å². The van der Waals surface area contributed by atoms with Crippen molar-refractivity contribution in [3.8, 4) is 5.75 Å². The first-order valence-corrected chi connectivity index (χ1v) is 10.6. The van der Waals surface area contributed by atoms with E-state index in [-0.39, 0.29) is 18.4 Å². The number of aryl methyl sites for hydroxylation is 2. The number of ether oxygens (including phenoxy) is 1. The van der Waals surface area contributed by atoms with Crippen LogP contribution in [0.4, 0.5) is 0 Å². The Labute approximate surface area is 180 Å². The first-order chi connectivity index (χ1) is 14.3. The molecule has 0 aromatic heterocycles. The first kappa shape index (κ1) is 23.5. The van der Waals surface area contributed by atoms with E-state index in [9.17, 15) is 9.59 Å². The minimum Gasteiger partial charge on any atom is -0.483 e. The van der Waals surface area contributed by atoms with Crippen molar-refractivity contribution >= 4 is 11.8 Å². The highest BCUT2D eigenvalue weighted by Crippen LogP contribution is 2.21. The molecule has 0 bridgehead atoms. The third kappa shape index (κ3) is 6.61. The second-order valence-corrected chi connectivity index (χ2v) is 7.82. The Kier molecular flexibility index (Phi) is 8.90. The first-order valence-electron chi connectivity index (χ1n) is 10.6. The number of carbonyl (C=O) groups is 2. The van der Waals surface area contributed by atoms with E-state index in [1.807, 2.05) is 63.2 Å². The molecule has 0 aliphatic heterocycles. The Morgan fingerprint density at radius 1 is 1.10 bits per heavy atom. The van der Waals surface area contributed by atoms with Gasteiger partial charge in [-0.15, -0.1) is 0 Å². The number of nitrogens with one attached hydrogen (secondary N) is 1. The van der Waals surface area contributed by atoms with Crippen molar-refractivity contribution < 1.29 is 14.3 Å². The average molecular weight is 411 g/mol. The van der Waals surface area contributed by atoms with Gasteiger partial charge in [0.1, 0.15) is 11.8 Å². The molecule has 0 unspecified atom stereocenters. The zero-order valence-corrected chi connectivity index (χ0v) is 18.8. The maximum Gasteiger partial charge on any atom is 0.261 e. The third-order valence-corrected chi connectivity index (χ3v) is 5.34. The van der Waals surface area contributed by atoms with Gasteiger partial charge in [-0.05, 0) is 56.9 Å². The molecule has 0 heterocycles. The largest absolute Gasteiger partial charge is 0.483 e. The van der Waals surface area contributed by atoms with Crippen molar-refractivity contribution in [3.05, 3.63) is 64.7 Å². The summed E-state index contributed by atoms with van der Waals surface area (Å²) in [6.45, 7) is 10.7. The molecule has 2 amide bonds. The number of hydrogen-bond donors (Lipinski definition) is 1. The molecule has 2 aromatic carbocycles. The van der Waals surface area contributed by atoms with Crippen LogP contribution in [0.5, 0.6) is 5.75 Å². The van der Waals surface area contributed by atoms with Crippen LogP contribution < -0.4 is 10.1 Å². The predicted molar refractivity (Wildman–Crippen MR) is 121 cm³/mol. The van der Waals surface area contributed by atoms with Crippen LogP contribution in [0.15, 0.2) is 42.5 Å². The quantitative estimate of drug-likeness (QED) is 0.593. The summed E-state index contributed by atoms with van der Waals surface area (Å²) in [4.78, 5) is 27.3. The lowest BCUT2D eigenvalue weighted by molar-refractivity contribution is -0.142. The normalized spacial score (nSPS) is 11.6. The smallest absolute Gasteiger partial charge is 0.261 e. The zero-order chi connectivity index (χ0) is 22.1. The maximum atomic E-state index is 13.1. The van der Waals surface area contributed by atoms with Crippen LogP contribution in [0.2, 0.25) is 0 Å². The monoisotopic (exact) mass is 410 g/mol. The number of carbonyl (C=O) groups excluding carboxylic acids is 2. The Balaban J connectivity index is 2.15. The lowest BCUT2D eigenvalue weighted by Gasteiger charge is -2.29. The van der Waals surface area contributed by atoms with E-state index >= 15 is 0 Å². The Bertz CT molecular complexity index is 863. The number of unbranched alkanes of at least 4 members (excludes halogenated alkanes) is 1. The molecule has 1 atom stereocenters. The van der Waals surface area contributed by atoms with Crippen LogP contribution in [0.1, 0.15) is 48.9 Å². The van der Waals surface area contributed by atoms with Crippen LogP contribution in [0.25, 0.3) is 0 Å². The van der Waals surface area contributed by atoms with Crippen LogP contribution >= 0.6 is 0 Å². The number of amides is 2. The van der Waals surface area contributed by atoms with E-state index in [0.717, 1.165) is 35.1 Å². The molecule has 0 spiro atoms. The molecule has 2 aromatic rings. The highest BCUT2D eigenvalue weighted by molar-refractivity contribution is 5.88. The molecular weight excluding hydrogens is 376 g/mol. The molecule has 0 aliphatic rings. The fraction of sp³-hybridized carbons (Fsp3) is 0.440. The highest BCUT2D eigenvalue weighted by atomic mass is 16.5. The maximum absolute atomic E-state index is 13.1. The lowest BCUT2D eigenvalue weighted by atomic mass is 10.1. The fourth-order valence-electron chi connectivity index (χ4n) is 3.23. The van der Waals surface area contributed by atoms with E-state index in [0.29, 0.717) is 18.8 Å². The second-order valence-electron chi connectivity index (χ2n) is 7.82. The molecule has 0 saturated heterocycles. The van der Waals surface area contributed by atoms with Gasteiger partial charge < -0.3 is 15.0 Å². The minimum atomic E-state index is -0.586. The summed E-state index contributed by atoms with van der Waals surface area (Å²) in [5.74, 6) is 0.339. The molecule has 30 heavy (non-hydrogen) atoms. The van der Waals surface area contributed by atoms with Gasteiger partial charge in [0.05, 0.1) is 0 Å². The SMILES string of the molecule is CCCCNC(=O)[C@@H](C)N(Cc1cccc(C)c1)C(=O)COc1cccc(C)c1C. The van der Waals surface area contributed by atoms with Crippen LogP contribution in [0.3, 0.4) is 0 Å². The van der Waals surface area contributed by atoms with Gasteiger partial charge in [-0.25, -0.2) is 0 Å². The molecule has 5 nitrogen and oxygen atoms in total. The topological polar surface area (TPSA) is 58.6 Å². The molecule has 0 fully saturated rings. The standard InChI is InChI=1S/C25H34N2O3/c1-6-7-14-26-25(29)21(5)27(16-22-12-8-10-18(2)15-22)24(28)17-30-23-13-9-11-19(3)20(23)4/h8-13,15,21H,6-7,14,16-17H2,1-5H3,(H,26,29)/t21-/m1/s1. The highest BCUT2D eigenvalue weighted by Gasteiger charge is 2.26. The minimum absolute atomic E-state index is 0.108. The van der Waals surface area contributed by atoms with E-state index in [1.54, 1.807) is 11.8 Å². The molecular formula is C25H34N2O3. The second kappa shape index (κ2) is 11.4. The van der Waals surface area contributed by atoms with Gasteiger partial charge in [0.15, 0.2) is 6.61 Å². The molecule has 0 saturated carbocycles. The molecule has 0 radical (unpaired) electrons. The predicted octanol–water partition coefficient (Wildman–Crippen LogP) is 4.32. The molecule has 162 valence electrons. The number of benzene rings is 2. The molecule has 5 heteroatoms. The summed E-state index contributed by atoms with van der Waals surface area (Å²) in [5, 5.41) is 2.93. The van der Waals surface area contributed by atoms with Crippen molar-refractivity contribution in [2.24, 2.45) is 0 Å². The summed E-state index contributed by atoms with van der Waals surface area (Å²) >= 11 is 0. The Hall–Kier alpha value is -2.82. The van der Waals surface area contributed by atoms with Crippen molar-refractivity contribution in [1.29, 1.82) is 0 Å². The summed E-state index contributed by atoms with van der Waals surface area (Å²) in [6.07, 6.45) is 1.92. The van der Waals surface area contributed by atoms with Gasteiger partial charge in [-0.3, -0.25) is 9.59 Å². The van der Waals surface area contributed by atoms with E-state index < -0.39 is 6.04 Å². The number of rotatable bonds is 10. The number of hydrogen-bond acceptors (Lipinski definition) is 3. The third-order valence-electron chi connectivity index (χ3n) is 5.34. The van der Waals surface area contributed by atoms with Gasteiger partial charge in [-0.2, -0.15) is 0 Å². The summed E-state index contributed by atoms with van der Waals surface area (Å²) in [7, 11) is 0. The van der Waals surface area contributed by atoms with Crippen molar-refractivity contribution in [1.82, 2.24) is 10.2 Å². The van der Waals surface area contributed by atoms with Gasteiger partial charge in [0, 0.05) is 13.1 Å². The molecule has 0 aliphatic carbocycles. The zero-order valence-electron chi connectivity index (χ0n) is 18.8. The summed E-state index contributed by atoms with van der Waals surface area (Å²) < 4.78 is 5.83. The average Bonchev–Trinajstić information content (AvgIpc) is 2.72. The molecule has 2 rings (SSSR count). The van der Waals surface area contributed by atoms with E-state index in [1.165, 1.54) is 0 Å². The summed E-state index contributed by atoms with van der Waals surface area (Å²) in [6, 6.07) is 13.2. The van der Waals surface area contributed by atoms with E-state index in [4.69, 9.17) is 4.74 Å². The van der Waals surface area contributed by atoms with Crippen LogP contribution in [-0.2, 0) is 16.1 Å². The fourth-order valence-corrected chi connectivity index (χ4v) is 3.23. The number of nitrogens with zero attached hydrogens (tertiary/aromatic N) is 1. The van der Waals surface area contributed by atoms with Gasteiger partial charge >= 0.3 is 0 Å². The molecule has 1 N–H and O–H groups in total. The van der Waals surface area contributed by atoms with Crippen LogP contribution in [0, 0.1) is 20.8 Å².